The number of pyridine rings is 1. The highest BCUT2D eigenvalue weighted by molar-refractivity contribution is 6.00. The Labute approximate surface area is 191 Å². The summed E-state index contributed by atoms with van der Waals surface area (Å²) in [6.07, 6.45) is 2.75. The average molecular weight is 448 g/mol. The van der Waals surface area contributed by atoms with Crippen LogP contribution in [0.2, 0.25) is 0 Å². The van der Waals surface area contributed by atoms with Crippen LogP contribution in [0, 0.1) is 11.7 Å². The Hall–Kier alpha value is -3.19. The molecule has 4 heterocycles. The lowest BCUT2D eigenvalue weighted by molar-refractivity contribution is 0.0540. The topological polar surface area (TPSA) is 77.7 Å². The van der Waals surface area contributed by atoms with E-state index in [-0.39, 0.29) is 17.5 Å². The highest BCUT2D eigenvalue weighted by Gasteiger charge is 2.34. The van der Waals surface area contributed by atoms with Crippen molar-refractivity contribution in [2.45, 2.75) is 45.4 Å². The fourth-order valence-electron chi connectivity index (χ4n) is 5.45. The van der Waals surface area contributed by atoms with E-state index in [2.05, 4.69) is 18.0 Å². The number of hydrogen-bond acceptors (Lipinski definition) is 5. The molecule has 7 heteroatoms. The predicted molar refractivity (Wildman–Crippen MR) is 122 cm³/mol. The molecule has 6 rings (SSSR count). The monoisotopic (exact) mass is 447 g/mol. The van der Waals surface area contributed by atoms with Crippen molar-refractivity contribution in [3.05, 3.63) is 64.0 Å². The highest BCUT2D eigenvalue weighted by Crippen LogP contribution is 2.38. The van der Waals surface area contributed by atoms with Crippen molar-refractivity contribution in [2.75, 3.05) is 18.9 Å². The number of aromatic nitrogens is 1. The molecular formula is C26H26FN3O3. The number of carbonyl (C=O) groups excluding carboxylic acids is 1. The largest absolute Gasteiger partial charge is 0.493 e. The van der Waals surface area contributed by atoms with Crippen molar-refractivity contribution in [3.63, 3.8) is 0 Å². The minimum absolute atomic E-state index is 0.0757. The molecule has 0 saturated carbocycles. The number of piperidine rings is 1. The number of nitrogens with zero attached hydrogens (tertiary/aromatic N) is 2. The van der Waals surface area contributed by atoms with Crippen LogP contribution in [0.15, 0.2) is 30.3 Å². The Morgan fingerprint density at radius 2 is 2.03 bits per heavy atom. The second-order valence-electron chi connectivity index (χ2n) is 9.42. The molecule has 170 valence electrons. The molecule has 1 aromatic heterocycles. The second kappa shape index (κ2) is 7.70. The van der Waals surface area contributed by atoms with Gasteiger partial charge in [0.05, 0.1) is 36.9 Å². The van der Waals surface area contributed by atoms with Crippen LogP contribution in [0.1, 0.15) is 58.4 Å². The lowest BCUT2D eigenvalue weighted by atomic mass is 9.88. The first-order valence-electron chi connectivity index (χ1n) is 11.5. The third-order valence-corrected chi connectivity index (χ3v) is 7.22. The molecule has 0 unspecified atom stereocenters. The standard InChI is InChI=1S/C26H26FN3O3/c1-14-2-4-23(15-3-5-24-16(8-15)6-7-33-24)30(11-14)26(31)18-9-17-19-12-32-13-20(19)25(28)29-22(17)10-21(18)27/h3,5,8-10,14,23H,2,4,6-7,11-13H2,1H3,(H2,28,29)/t14-,23+/m1/s1. The van der Waals surface area contributed by atoms with E-state index < -0.39 is 5.82 Å². The van der Waals surface area contributed by atoms with Crippen LogP contribution < -0.4 is 10.5 Å². The zero-order valence-corrected chi connectivity index (χ0v) is 18.6. The number of hydrogen-bond donors (Lipinski definition) is 1. The summed E-state index contributed by atoms with van der Waals surface area (Å²) in [7, 11) is 0. The van der Waals surface area contributed by atoms with Crippen molar-refractivity contribution < 1.29 is 18.7 Å². The Morgan fingerprint density at radius 1 is 1.18 bits per heavy atom. The Balaban J connectivity index is 1.41. The maximum Gasteiger partial charge on any atom is 0.257 e. The normalized spacial score (nSPS) is 21.7. The number of nitrogen functional groups attached to an aromatic ring is 1. The molecule has 6 nitrogen and oxygen atoms in total. The smallest absolute Gasteiger partial charge is 0.257 e. The van der Waals surface area contributed by atoms with Crippen LogP contribution in [-0.4, -0.2) is 28.9 Å². The Bertz CT molecular complexity index is 1290. The van der Waals surface area contributed by atoms with E-state index in [1.54, 1.807) is 6.07 Å². The summed E-state index contributed by atoms with van der Waals surface area (Å²) < 4.78 is 26.4. The molecule has 0 radical (unpaired) electrons. The third kappa shape index (κ3) is 3.33. The van der Waals surface area contributed by atoms with Crippen molar-refractivity contribution in [3.8, 4) is 5.75 Å². The molecule has 3 aromatic rings. The molecule has 0 spiro atoms. The number of likely N-dealkylation sites (tertiary alicyclic amines) is 1. The first-order chi connectivity index (χ1) is 16.0. The molecule has 1 saturated heterocycles. The summed E-state index contributed by atoms with van der Waals surface area (Å²) in [6, 6.07) is 9.06. The van der Waals surface area contributed by atoms with Gasteiger partial charge in [0.1, 0.15) is 17.4 Å². The van der Waals surface area contributed by atoms with Gasteiger partial charge in [-0.15, -0.1) is 0 Å². The number of ether oxygens (including phenoxy) is 2. The number of halogens is 1. The van der Waals surface area contributed by atoms with Crippen LogP contribution in [-0.2, 0) is 24.4 Å². The second-order valence-corrected chi connectivity index (χ2v) is 9.42. The van der Waals surface area contributed by atoms with Gasteiger partial charge in [-0.2, -0.15) is 0 Å². The SMILES string of the molecule is C[C@@H]1CC[C@@H](c2ccc3c(c2)CCO3)N(C(=O)c2cc3c4c(c(N)nc3cc2F)COC4)C1. The number of anilines is 1. The van der Waals surface area contributed by atoms with Gasteiger partial charge < -0.3 is 20.1 Å². The summed E-state index contributed by atoms with van der Waals surface area (Å²) in [5.74, 6) is 0.776. The Kier molecular flexibility index (Phi) is 4.76. The van der Waals surface area contributed by atoms with E-state index >= 15 is 4.39 Å². The number of carbonyl (C=O) groups is 1. The quantitative estimate of drug-likeness (QED) is 0.624. The molecular weight excluding hydrogens is 421 g/mol. The van der Waals surface area contributed by atoms with Gasteiger partial charge in [0.25, 0.3) is 5.91 Å². The van der Waals surface area contributed by atoms with E-state index in [9.17, 15) is 4.79 Å². The molecule has 1 amide bonds. The van der Waals surface area contributed by atoms with E-state index in [1.807, 2.05) is 17.0 Å². The molecule has 2 aromatic carbocycles. The maximum absolute atomic E-state index is 15.2. The van der Waals surface area contributed by atoms with Gasteiger partial charge >= 0.3 is 0 Å². The van der Waals surface area contributed by atoms with Gasteiger partial charge in [0, 0.05) is 30.0 Å². The van der Waals surface area contributed by atoms with Crippen LogP contribution in [0.25, 0.3) is 10.9 Å². The molecule has 0 aliphatic carbocycles. The van der Waals surface area contributed by atoms with Crippen molar-refractivity contribution in [2.24, 2.45) is 5.92 Å². The van der Waals surface area contributed by atoms with Crippen molar-refractivity contribution in [1.82, 2.24) is 9.88 Å². The maximum atomic E-state index is 15.2. The molecule has 2 atom stereocenters. The van der Waals surface area contributed by atoms with E-state index in [1.165, 1.54) is 11.6 Å². The Morgan fingerprint density at radius 3 is 2.91 bits per heavy atom. The van der Waals surface area contributed by atoms with Crippen molar-refractivity contribution in [1.29, 1.82) is 0 Å². The lowest BCUT2D eigenvalue weighted by Gasteiger charge is -2.39. The molecule has 3 aliphatic heterocycles. The van der Waals surface area contributed by atoms with E-state index in [4.69, 9.17) is 15.2 Å². The molecule has 33 heavy (non-hydrogen) atoms. The zero-order valence-electron chi connectivity index (χ0n) is 18.6. The average Bonchev–Trinajstić information content (AvgIpc) is 3.48. The van der Waals surface area contributed by atoms with Gasteiger partial charge in [-0.25, -0.2) is 9.37 Å². The highest BCUT2D eigenvalue weighted by atomic mass is 19.1. The zero-order chi connectivity index (χ0) is 22.7. The fourth-order valence-corrected chi connectivity index (χ4v) is 5.45. The summed E-state index contributed by atoms with van der Waals surface area (Å²) in [4.78, 5) is 20.0. The summed E-state index contributed by atoms with van der Waals surface area (Å²) in [6.45, 7) is 4.20. The summed E-state index contributed by atoms with van der Waals surface area (Å²) in [5.41, 5.74) is 10.6. The number of fused-ring (bicyclic) bond motifs is 4. The van der Waals surface area contributed by atoms with Gasteiger partial charge in [-0.3, -0.25) is 4.79 Å². The summed E-state index contributed by atoms with van der Waals surface area (Å²) >= 11 is 0. The minimum atomic E-state index is -0.572. The van der Waals surface area contributed by atoms with Crippen LogP contribution in [0.3, 0.4) is 0 Å². The first-order valence-corrected chi connectivity index (χ1v) is 11.5. The first kappa shape index (κ1) is 20.4. The number of nitrogens with two attached hydrogens (primary N) is 1. The number of benzene rings is 2. The molecule has 1 fully saturated rings. The molecule has 0 bridgehead atoms. The van der Waals surface area contributed by atoms with E-state index in [0.29, 0.717) is 43.6 Å². The third-order valence-electron chi connectivity index (χ3n) is 7.22. The van der Waals surface area contributed by atoms with Crippen LogP contribution in [0.5, 0.6) is 5.75 Å². The summed E-state index contributed by atoms with van der Waals surface area (Å²) in [5, 5.41) is 0.734. The van der Waals surface area contributed by atoms with E-state index in [0.717, 1.165) is 47.1 Å². The molecule has 3 aliphatic rings. The molecule has 2 N–H and O–H groups in total. The van der Waals surface area contributed by atoms with Gasteiger partial charge in [0.15, 0.2) is 0 Å². The number of amides is 1. The van der Waals surface area contributed by atoms with Gasteiger partial charge in [-0.05, 0) is 53.6 Å². The van der Waals surface area contributed by atoms with Gasteiger partial charge in [0.2, 0.25) is 0 Å². The van der Waals surface area contributed by atoms with Crippen LogP contribution >= 0.6 is 0 Å². The van der Waals surface area contributed by atoms with Crippen LogP contribution in [0.4, 0.5) is 10.2 Å². The minimum Gasteiger partial charge on any atom is -0.493 e. The van der Waals surface area contributed by atoms with Gasteiger partial charge in [-0.1, -0.05) is 13.0 Å². The van der Waals surface area contributed by atoms with Crippen molar-refractivity contribution >= 4 is 22.6 Å². The number of rotatable bonds is 2. The lowest BCUT2D eigenvalue weighted by Crippen LogP contribution is -2.42. The fraction of sp³-hybridized carbons (Fsp3) is 0.385. The predicted octanol–water partition coefficient (Wildman–Crippen LogP) is 4.53.